The minimum absolute atomic E-state index is 0.294. The number of ether oxygens (including phenoxy) is 1. The van der Waals surface area contributed by atoms with Gasteiger partial charge in [0.2, 0.25) is 10.0 Å². The van der Waals surface area contributed by atoms with Crippen LogP contribution in [0.3, 0.4) is 0 Å². The van der Waals surface area contributed by atoms with Gasteiger partial charge in [-0.25, -0.2) is 13.8 Å². The van der Waals surface area contributed by atoms with E-state index in [4.69, 9.17) is 4.74 Å². The van der Waals surface area contributed by atoms with Crippen LogP contribution in [0.5, 0.6) is 5.75 Å². The largest absolute Gasteiger partial charge is 0.495 e. The van der Waals surface area contributed by atoms with Crippen molar-refractivity contribution >= 4 is 49.4 Å². The van der Waals surface area contributed by atoms with Crippen molar-refractivity contribution in [2.24, 2.45) is 5.10 Å². The number of rotatable bonds is 8. The number of sulfonamides is 1. The van der Waals surface area contributed by atoms with Gasteiger partial charge in [0.15, 0.2) is 0 Å². The molecule has 0 heterocycles. The zero-order valence-electron chi connectivity index (χ0n) is 17.5. The molecule has 10 heteroatoms. The molecule has 0 saturated heterocycles. The number of methoxy groups -OCH3 is 1. The minimum Gasteiger partial charge on any atom is -0.495 e. The van der Waals surface area contributed by atoms with Crippen molar-refractivity contribution in [2.75, 3.05) is 43.2 Å². The van der Waals surface area contributed by atoms with Crippen molar-refractivity contribution in [2.45, 2.75) is 6.92 Å². The van der Waals surface area contributed by atoms with Crippen LogP contribution in [0.1, 0.15) is 11.1 Å². The highest BCUT2D eigenvalue weighted by Crippen LogP contribution is 2.30. The number of halogens is 1. The van der Waals surface area contributed by atoms with Gasteiger partial charge in [-0.05, 0) is 58.2 Å². The zero-order valence-corrected chi connectivity index (χ0v) is 19.9. The number of hydrogen-bond donors (Lipinski definition) is 1. The number of nitrogens with one attached hydrogen (secondary N) is 1. The molecule has 0 aromatic heterocycles. The molecular formula is C20H25BrN4O4S. The number of hydrazone groups is 1. The first kappa shape index (κ1) is 23.7. The predicted octanol–water partition coefficient (Wildman–Crippen LogP) is 2.75. The average molecular weight is 497 g/mol. The summed E-state index contributed by atoms with van der Waals surface area (Å²) in [4.78, 5) is 14.3. The molecule has 162 valence electrons. The zero-order chi connectivity index (χ0) is 22.5. The van der Waals surface area contributed by atoms with E-state index in [0.717, 1.165) is 31.8 Å². The van der Waals surface area contributed by atoms with Crippen LogP contribution in [0.4, 0.5) is 11.4 Å². The Kier molecular flexibility index (Phi) is 7.85. The van der Waals surface area contributed by atoms with Gasteiger partial charge in [-0.3, -0.25) is 9.10 Å². The Morgan fingerprint density at radius 1 is 1.20 bits per heavy atom. The number of nitrogens with zero attached hydrogens (tertiary/aromatic N) is 3. The van der Waals surface area contributed by atoms with E-state index >= 15 is 0 Å². The lowest BCUT2D eigenvalue weighted by Crippen LogP contribution is -2.39. The van der Waals surface area contributed by atoms with E-state index < -0.39 is 22.5 Å². The van der Waals surface area contributed by atoms with Crippen LogP contribution in [-0.2, 0) is 14.8 Å². The number of amides is 1. The fraction of sp³-hybridized carbons (Fsp3) is 0.300. The van der Waals surface area contributed by atoms with E-state index in [2.05, 4.69) is 26.5 Å². The van der Waals surface area contributed by atoms with Gasteiger partial charge >= 0.3 is 0 Å². The average Bonchev–Trinajstić information content (AvgIpc) is 2.65. The molecule has 0 radical (unpaired) electrons. The summed E-state index contributed by atoms with van der Waals surface area (Å²) < 4.78 is 31.8. The number of anilines is 2. The second-order valence-electron chi connectivity index (χ2n) is 6.84. The summed E-state index contributed by atoms with van der Waals surface area (Å²) in [6.45, 7) is 1.40. The monoisotopic (exact) mass is 496 g/mol. The van der Waals surface area contributed by atoms with Gasteiger partial charge in [-0.2, -0.15) is 5.10 Å². The van der Waals surface area contributed by atoms with Crippen molar-refractivity contribution in [1.82, 2.24) is 5.43 Å². The van der Waals surface area contributed by atoms with Gasteiger partial charge in [-0.15, -0.1) is 0 Å². The van der Waals surface area contributed by atoms with E-state index in [9.17, 15) is 13.2 Å². The molecular weight excluding hydrogens is 472 g/mol. The third-order valence-corrected chi connectivity index (χ3v) is 5.91. The second kappa shape index (κ2) is 9.94. The molecule has 0 bridgehead atoms. The van der Waals surface area contributed by atoms with Crippen molar-refractivity contribution in [3.63, 3.8) is 0 Å². The van der Waals surface area contributed by atoms with E-state index in [-0.39, 0.29) is 0 Å². The van der Waals surface area contributed by atoms with Crippen LogP contribution in [0.15, 0.2) is 46.0 Å². The van der Waals surface area contributed by atoms with Gasteiger partial charge in [-0.1, -0.05) is 12.1 Å². The minimum atomic E-state index is -3.73. The maximum atomic E-state index is 12.4. The molecule has 0 aliphatic carbocycles. The molecule has 1 amide bonds. The van der Waals surface area contributed by atoms with Crippen LogP contribution in [0.2, 0.25) is 0 Å². The fourth-order valence-electron chi connectivity index (χ4n) is 2.69. The van der Waals surface area contributed by atoms with Gasteiger partial charge < -0.3 is 9.64 Å². The van der Waals surface area contributed by atoms with Crippen LogP contribution < -0.4 is 19.4 Å². The molecule has 2 aromatic rings. The summed E-state index contributed by atoms with van der Waals surface area (Å²) in [7, 11) is 1.59. The summed E-state index contributed by atoms with van der Waals surface area (Å²) >= 11 is 3.49. The molecule has 0 aliphatic rings. The summed E-state index contributed by atoms with van der Waals surface area (Å²) in [6, 6.07) is 10.8. The van der Waals surface area contributed by atoms with Gasteiger partial charge in [0.25, 0.3) is 5.91 Å². The summed E-state index contributed by atoms with van der Waals surface area (Å²) in [5, 5.41) is 3.93. The molecule has 0 aliphatic heterocycles. The molecule has 2 rings (SSSR count). The van der Waals surface area contributed by atoms with Gasteiger partial charge in [0, 0.05) is 18.6 Å². The van der Waals surface area contributed by atoms with E-state index in [1.54, 1.807) is 18.2 Å². The van der Waals surface area contributed by atoms with Crippen molar-refractivity contribution < 1.29 is 17.9 Å². The van der Waals surface area contributed by atoms with Gasteiger partial charge in [0.1, 0.15) is 12.3 Å². The lowest BCUT2D eigenvalue weighted by Gasteiger charge is -2.23. The highest BCUT2D eigenvalue weighted by atomic mass is 79.9. The lowest BCUT2D eigenvalue weighted by molar-refractivity contribution is -0.119. The fourth-order valence-corrected chi connectivity index (χ4v) is 4.29. The van der Waals surface area contributed by atoms with E-state index in [0.29, 0.717) is 11.4 Å². The second-order valence-corrected chi connectivity index (χ2v) is 9.60. The number of carbonyl (C=O) groups is 1. The summed E-state index contributed by atoms with van der Waals surface area (Å²) in [5.41, 5.74) is 5.28. The summed E-state index contributed by atoms with van der Waals surface area (Å²) in [6.07, 6.45) is 2.52. The first-order valence-electron chi connectivity index (χ1n) is 8.94. The van der Waals surface area contributed by atoms with Crippen LogP contribution in [-0.4, -0.2) is 54.5 Å². The Labute approximate surface area is 185 Å². The van der Waals surface area contributed by atoms with Crippen molar-refractivity contribution in [3.05, 3.63) is 52.0 Å². The van der Waals surface area contributed by atoms with E-state index in [1.807, 2.05) is 44.1 Å². The maximum Gasteiger partial charge on any atom is 0.260 e. The number of carbonyl (C=O) groups excluding carboxylic acids is 1. The maximum absolute atomic E-state index is 12.4. The smallest absolute Gasteiger partial charge is 0.260 e. The van der Waals surface area contributed by atoms with Crippen LogP contribution in [0, 0.1) is 6.92 Å². The molecule has 0 unspecified atom stereocenters. The molecule has 1 N–H and O–H groups in total. The Morgan fingerprint density at radius 3 is 2.47 bits per heavy atom. The topological polar surface area (TPSA) is 91.3 Å². The van der Waals surface area contributed by atoms with Gasteiger partial charge in [0.05, 0.1) is 31.0 Å². The Balaban J connectivity index is 2.15. The predicted molar refractivity (Wildman–Crippen MR) is 124 cm³/mol. The number of aryl methyl sites for hydroxylation is 1. The molecule has 30 heavy (non-hydrogen) atoms. The highest BCUT2D eigenvalue weighted by Gasteiger charge is 2.24. The van der Waals surface area contributed by atoms with E-state index in [1.165, 1.54) is 13.3 Å². The summed E-state index contributed by atoms with van der Waals surface area (Å²) in [5.74, 6) is -0.225. The molecule has 0 saturated carbocycles. The molecule has 2 aromatic carbocycles. The van der Waals surface area contributed by atoms with Crippen molar-refractivity contribution in [1.29, 1.82) is 0 Å². The Bertz CT molecular complexity index is 1050. The van der Waals surface area contributed by atoms with Crippen LogP contribution in [0.25, 0.3) is 0 Å². The third kappa shape index (κ3) is 6.20. The number of benzene rings is 2. The van der Waals surface area contributed by atoms with Crippen LogP contribution >= 0.6 is 15.9 Å². The third-order valence-electron chi connectivity index (χ3n) is 4.15. The Morgan fingerprint density at radius 2 is 1.90 bits per heavy atom. The van der Waals surface area contributed by atoms with Crippen molar-refractivity contribution in [3.8, 4) is 5.75 Å². The Hall–Kier alpha value is -2.59. The molecule has 8 nitrogen and oxygen atoms in total. The number of hydrogen-bond acceptors (Lipinski definition) is 6. The molecule has 0 spiro atoms. The molecule has 0 fully saturated rings. The first-order chi connectivity index (χ1) is 14.0. The standard InChI is InChI=1S/C20H25BrN4O4S/c1-14-6-9-19(29-4)18(10-14)25(30(5,27)28)13-20(26)23-22-12-15-7-8-17(24(2)3)16(21)11-15/h6-12H,13H2,1-5H3,(H,23,26)/b22-12-. The molecule has 0 atom stereocenters. The quantitative estimate of drug-likeness (QED) is 0.448. The first-order valence-corrected chi connectivity index (χ1v) is 11.6. The SMILES string of the molecule is COc1ccc(C)cc1N(CC(=O)N/N=C\c1ccc(N(C)C)c(Br)c1)S(C)(=O)=O. The normalized spacial score (nSPS) is 11.4. The highest BCUT2D eigenvalue weighted by molar-refractivity contribution is 9.10. The lowest BCUT2D eigenvalue weighted by atomic mass is 10.2.